The quantitative estimate of drug-likeness (QED) is 0.367. The molecular formula is C23H19N3O3S. The zero-order valence-corrected chi connectivity index (χ0v) is 17.0. The van der Waals surface area contributed by atoms with Crippen LogP contribution >= 0.6 is 11.8 Å². The molecule has 0 saturated carbocycles. The molecule has 2 heterocycles. The van der Waals surface area contributed by atoms with Crippen LogP contribution in [0.1, 0.15) is 22.5 Å². The van der Waals surface area contributed by atoms with Crippen LogP contribution < -0.4 is 0 Å². The van der Waals surface area contributed by atoms with Crippen molar-refractivity contribution in [2.75, 3.05) is 0 Å². The fraction of sp³-hybridized carbons (Fsp3) is 0.0870. The Labute approximate surface area is 178 Å². The van der Waals surface area contributed by atoms with Crippen LogP contribution in [0.4, 0.5) is 0 Å². The number of amides is 1. The zero-order chi connectivity index (χ0) is 20.9. The molecule has 1 aliphatic heterocycles. The molecule has 1 aromatic heterocycles. The molecule has 1 N–H and O–H groups in total. The van der Waals surface area contributed by atoms with E-state index in [1.165, 1.54) is 16.7 Å². The van der Waals surface area contributed by atoms with Gasteiger partial charge in [0.15, 0.2) is 5.17 Å². The van der Waals surface area contributed by atoms with Gasteiger partial charge in [0.1, 0.15) is 11.5 Å². The largest absolute Gasteiger partial charge is 0.507 e. The van der Waals surface area contributed by atoms with Gasteiger partial charge in [-0.15, -0.1) is 5.10 Å². The summed E-state index contributed by atoms with van der Waals surface area (Å²) in [5.74, 6) is 0.534. The molecule has 0 radical (unpaired) electrons. The van der Waals surface area contributed by atoms with Crippen LogP contribution in [0, 0.1) is 6.92 Å². The number of thioether (sulfide) groups is 1. The van der Waals surface area contributed by atoms with Crippen LogP contribution in [0.3, 0.4) is 0 Å². The average molecular weight is 417 g/mol. The monoisotopic (exact) mass is 417 g/mol. The lowest BCUT2D eigenvalue weighted by molar-refractivity contribution is -0.122. The number of aryl methyl sites for hydroxylation is 1. The number of aromatic hydroxyl groups is 1. The van der Waals surface area contributed by atoms with Crippen molar-refractivity contribution in [3.8, 4) is 5.75 Å². The fourth-order valence-corrected chi connectivity index (χ4v) is 3.83. The molecule has 1 aliphatic rings. The molecule has 0 aliphatic carbocycles. The number of hydrogen-bond acceptors (Lipinski definition) is 6. The third-order valence-corrected chi connectivity index (χ3v) is 5.53. The minimum atomic E-state index is -0.218. The molecular weight excluding hydrogens is 398 g/mol. The van der Waals surface area contributed by atoms with Crippen molar-refractivity contribution in [1.29, 1.82) is 0 Å². The predicted octanol–water partition coefficient (Wildman–Crippen LogP) is 4.80. The van der Waals surface area contributed by atoms with Crippen LogP contribution in [0.25, 0.3) is 6.08 Å². The molecule has 1 amide bonds. The summed E-state index contributed by atoms with van der Waals surface area (Å²) in [6.45, 7) is 2.24. The Morgan fingerprint density at radius 3 is 2.57 bits per heavy atom. The number of phenolic OH excluding ortho intramolecular Hbond substituents is 1. The number of benzene rings is 2. The Kier molecular flexibility index (Phi) is 5.81. The van der Waals surface area contributed by atoms with E-state index in [0.717, 1.165) is 11.1 Å². The minimum absolute atomic E-state index is 0.110. The van der Waals surface area contributed by atoms with E-state index in [9.17, 15) is 9.90 Å². The lowest BCUT2D eigenvalue weighted by Gasteiger charge is -2.12. The Morgan fingerprint density at radius 2 is 1.83 bits per heavy atom. The molecule has 4 rings (SSSR count). The van der Waals surface area contributed by atoms with Crippen LogP contribution in [0.5, 0.6) is 5.75 Å². The minimum Gasteiger partial charge on any atom is -0.507 e. The Bertz CT molecular complexity index is 1150. The van der Waals surface area contributed by atoms with Gasteiger partial charge in [-0.1, -0.05) is 42.5 Å². The molecule has 6 nitrogen and oxygen atoms in total. The van der Waals surface area contributed by atoms with E-state index in [2.05, 4.69) is 10.2 Å². The number of nitrogens with zero attached hydrogens (tertiary/aromatic N) is 3. The Hall–Kier alpha value is -3.58. The normalized spacial score (nSPS) is 17.0. The lowest BCUT2D eigenvalue weighted by atomic mass is 10.1. The average Bonchev–Trinajstić information content (AvgIpc) is 3.35. The summed E-state index contributed by atoms with van der Waals surface area (Å²) in [6.07, 6.45) is 4.89. The van der Waals surface area contributed by atoms with Crippen LogP contribution in [0.15, 0.2) is 86.5 Å². The zero-order valence-electron chi connectivity index (χ0n) is 16.2. The number of rotatable bonds is 5. The Balaban J connectivity index is 1.65. The highest BCUT2D eigenvalue weighted by Crippen LogP contribution is 2.35. The number of carbonyl (C=O) groups is 1. The molecule has 1 fully saturated rings. The topological polar surface area (TPSA) is 78.4 Å². The van der Waals surface area contributed by atoms with Gasteiger partial charge in [0, 0.05) is 5.56 Å². The lowest BCUT2D eigenvalue weighted by Crippen LogP contribution is -2.28. The maximum atomic E-state index is 13.0. The van der Waals surface area contributed by atoms with Crippen molar-refractivity contribution in [2.45, 2.75) is 13.5 Å². The van der Waals surface area contributed by atoms with Gasteiger partial charge in [-0.25, -0.2) is 0 Å². The number of phenols is 1. The molecule has 3 aromatic rings. The third-order valence-electron chi connectivity index (χ3n) is 4.53. The first-order chi connectivity index (χ1) is 14.6. The molecule has 0 bridgehead atoms. The van der Waals surface area contributed by atoms with E-state index in [1.54, 1.807) is 55.0 Å². The first-order valence-electron chi connectivity index (χ1n) is 9.30. The number of furan rings is 1. The van der Waals surface area contributed by atoms with Gasteiger partial charge in [-0.3, -0.25) is 9.69 Å². The second-order valence-corrected chi connectivity index (χ2v) is 7.63. The van der Waals surface area contributed by atoms with Crippen LogP contribution in [0.2, 0.25) is 0 Å². The third kappa shape index (κ3) is 4.36. The summed E-state index contributed by atoms with van der Waals surface area (Å²) in [4.78, 5) is 15.0. The van der Waals surface area contributed by atoms with Crippen LogP contribution in [-0.2, 0) is 11.3 Å². The van der Waals surface area contributed by atoms with E-state index in [1.807, 2.05) is 31.2 Å². The van der Waals surface area contributed by atoms with Crippen molar-refractivity contribution in [3.63, 3.8) is 0 Å². The number of amidine groups is 1. The molecule has 150 valence electrons. The number of carbonyl (C=O) groups excluding carboxylic acids is 1. The van der Waals surface area contributed by atoms with Gasteiger partial charge in [-0.05, 0) is 54.1 Å². The van der Waals surface area contributed by atoms with Gasteiger partial charge in [0.05, 0.1) is 23.9 Å². The van der Waals surface area contributed by atoms with Crippen LogP contribution in [-0.4, -0.2) is 27.3 Å². The molecule has 0 unspecified atom stereocenters. The summed E-state index contributed by atoms with van der Waals surface area (Å²) < 4.78 is 5.40. The Morgan fingerprint density at radius 1 is 1.07 bits per heavy atom. The highest BCUT2D eigenvalue weighted by molar-refractivity contribution is 8.18. The maximum Gasteiger partial charge on any atom is 0.267 e. The van der Waals surface area contributed by atoms with Crippen molar-refractivity contribution < 1.29 is 14.3 Å². The van der Waals surface area contributed by atoms with E-state index < -0.39 is 0 Å². The fourth-order valence-electron chi connectivity index (χ4n) is 2.90. The molecule has 1 saturated heterocycles. The molecule has 0 atom stereocenters. The summed E-state index contributed by atoms with van der Waals surface area (Å²) in [5.41, 5.74) is 2.61. The second-order valence-electron chi connectivity index (χ2n) is 6.62. The van der Waals surface area contributed by atoms with Crippen molar-refractivity contribution in [1.82, 2.24) is 4.90 Å². The summed E-state index contributed by atoms with van der Waals surface area (Å²) >= 11 is 1.21. The van der Waals surface area contributed by atoms with Crippen molar-refractivity contribution >= 4 is 35.1 Å². The standard InChI is InChI=1S/C23H19N3O3S/c1-16-7-2-3-9-18(16)14-24-25-23-26(15-19-10-6-12-29-19)22(28)21(30-23)13-17-8-4-5-11-20(17)27/h2-14,27H,15H2,1H3/b21-13-,24-14+,25-23-. The summed E-state index contributed by atoms with van der Waals surface area (Å²) in [7, 11) is 0. The molecule has 7 heteroatoms. The van der Waals surface area contributed by atoms with E-state index in [-0.39, 0.29) is 18.2 Å². The SMILES string of the molecule is Cc1ccccc1/C=N/N=C1\S/C(=C\c2ccccc2O)C(=O)N1Cc1ccco1. The highest BCUT2D eigenvalue weighted by Gasteiger charge is 2.34. The summed E-state index contributed by atoms with van der Waals surface area (Å²) in [6, 6.07) is 18.3. The second kappa shape index (κ2) is 8.84. The van der Waals surface area contributed by atoms with E-state index in [0.29, 0.717) is 21.4 Å². The van der Waals surface area contributed by atoms with E-state index in [4.69, 9.17) is 4.42 Å². The molecule has 30 heavy (non-hydrogen) atoms. The van der Waals surface area contributed by atoms with E-state index >= 15 is 0 Å². The predicted molar refractivity (Wildman–Crippen MR) is 119 cm³/mol. The first-order valence-corrected chi connectivity index (χ1v) is 10.1. The molecule has 2 aromatic carbocycles. The summed E-state index contributed by atoms with van der Waals surface area (Å²) in [5, 5.41) is 19.0. The van der Waals surface area contributed by atoms with Crippen molar-refractivity contribution in [2.24, 2.45) is 10.2 Å². The maximum absolute atomic E-state index is 13.0. The molecule has 0 spiro atoms. The van der Waals surface area contributed by atoms with Gasteiger partial charge in [0.2, 0.25) is 0 Å². The van der Waals surface area contributed by atoms with Gasteiger partial charge >= 0.3 is 0 Å². The van der Waals surface area contributed by atoms with Gasteiger partial charge in [-0.2, -0.15) is 5.10 Å². The smallest absolute Gasteiger partial charge is 0.267 e. The highest BCUT2D eigenvalue weighted by atomic mass is 32.2. The van der Waals surface area contributed by atoms with Gasteiger partial charge in [0.25, 0.3) is 5.91 Å². The van der Waals surface area contributed by atoms with Crippen molar-refractivity contribution in [3.05, 3.63) is 94.3 Å². The number of hydrogen-bond donors (Lipinski definition) is 1. The first kappa shape index (κ1) is 19.7. The number of para-hydroxylation sites is 1. The van der Waals surface area contributed by atoms with Gasteiger partial charge < -0.3 is 9.52 Å².